The van der Waals surface area contributed by atoms with Crippen LogP contribution in [0.1, 0.15) is 13.8 Å². The number of fused-ring (bicyclic) bond motifs is 1. The normalized spacial score (nSPS) is 42.5. The summed E-state index contributed by atoms with van der Waals surface area (Å²) in [5.74, 6) is 2.40. The van der Waals surface area contributed by atoms with Gasteiger partial charge in [-0.25, -0.2) is 0 Å². The summed E-state index contributed by atoms with van der Waals surface area (Å²) >= 11 is 0. The van der Waals surface area contributed by atoms with Crippen molar-refractivity contribution >= 4 is 0 Å². The predicted octanol–water partition coefficient (Wildman–Crippen LogP) is 1.22. The molecular formula is C10H19NO. The average Bonchev–Trinajstić information content (AvgIpc) is 2.43. The van der Waals surface area contributed by atoms with Crippen LogP contribution < -0.4 is 0 Å². The molecule has 3 atom stereocenters. The van der Waals surface area contributed by atoms with Gasteiger partial charge in [-0.15, -0.1) is 0 Å². The standard InChI is InChI=1S/C10H19NO/c1-7(2)9-6-12-10-5-11(3)4-8(9)10/h7-10H,4-6H2,1-3H3/t8-,9?,10-/m0/s1. The van der Waals surface area contributed by atoms with E-state index < -0.39 is 0 Å². The molecule has 2 nitrogen and oxygen atoms in total. The van der Waals surface area contributed by atoms with E-state index in [2.05, 4.69) is 25.8 Å². The zero-order chi connectivity index (χ0) is 8.72. The van der Waals surface area contributed by atoms with E-state index >= 15 is 0 Å². The maximum atomic E-state index is 5.78. The van der Waals surface area contributed by atoms with Gasteiger partial charge in [0.05, 0.1) is 12.7 Å². The van der Waals surface area contributed by atoms with Crippen LogP contribution in [-0.2, 0) is 4.74 Å². The van der Waals surface area contributed by atoms with Gasteiger partial charge < -0.3 is 9.64 Å². The van der Waals surface area contributed by atoms with Gasteiger partial charge in [0.25, 0.3) is 0 Å². The van der Waals surface area contributed by atoms with Crippen molar-refractivity contribution in [2.75, 3.05) is 26.7 Å². The summed E-state index contributed by atoms with van der Waals surface area (Å²) in [6.07, 6.45) is 0.544. The molecule has 0 radical (unpaired) electrons. The Morgan fingerprint density at radius 3 is 2.75 bits per heavy atom. The van der Waals surface area contributed by atoms with Crippen molar-refractivity contribution in [2.45, 2.75) is 20.0 Å². The lowest BCUT2D eigenvalue weighted by Crippen LogP contribution is -2.23. The van der Waals surface area contributed by atoms with Gasteiger partial charge in [-0.2, -0.15) is 0 Å². The summed E-state index contributed by atoms with van der Waals surface area (Å²) in [6, 6.07) is 0. The highest BCUT2D eigenvalue weighted by Crippen LogP contribution is 2.36. The lowest BCUT2D eigenvalue weighted by molar-refractivity contribution is 0.0958. The van der Waals surface area contributed by atoms with E-state index in [9.17, 15) is 0 Å². The summed E-state index contributed by atoms with van der Waals surface area (Å²) in [4.78, 5) is 2.39. The largest absolute Gasteiger partial charge is 0.376 e. The van der Waals surface area contributed by atoms with Gasteiger partial charge in [-0.1, -0.05) is 13.8 Å². The van der Waals surface area contributed by atoms with Crippen LogP contribution in [0.25, 0.3) is 0 Å². The molecule has 70 valence electrons. The SMILES string of the molecule is CC(C)C1CO[C@H]2CN(C)C[C@@H]12. The third-order valence-electron chi connectivity index (χ3n) is 3.40. The molecule has 2 heterocycles. The Bertz CT molecular complexity index is 169. The second kappa shape index (κ2) is 3.00. The minimum absolute atomic E-state index is 0.544. The highest BCUT2D eigenvalue weighted by Gasteiger charge is 2.43. The first-order valence-electron chi connectivity index (χ1n) is 4.98. The molecule has 12 heavy (non-hydrogen) atoms. The smallest absolute Gasteiger partial charge is 0.0745 e. The van der Waals surface area contributed by atoms with Crippen molar-refractivity contribution in [1.29, 1.82) is 0 Å². The van der Waals surface area contributed by atoms with E-state index in [0.29, 0.717) is 6.10 Å². The fourth-order valence-electron chi connectivity index (χ4n) is 2.63. The number of likely N-dealkylation sites (N-methyl/N-ethyl adjacent to an activating group) is 1. The molecule has 2 fully saturated rings. The molecule has 2 aliphatic rings. The Morgan fingerprint density at radius 1 is 1.33 bits per heavy atom. The summed E-state index contributed by atoms with van der Waals surface area (Å²) < 4.78 is 5.78. The molecule has 0 bridgehead atoms. The van der Waals surface area contributed by atoms with Crippen molar-refractivity contribution in [3.05, 3.63) is 0 Å². The Morgan fingerprint density at radius 2 is 2.08 bits per heavy atom. The molecule has 0 aromatic carbocycles. The maximum Gasteiger partial charge on any atom is 0.0745 e. The summed E-state index contributed by atoms with van der Waals surface area (Å²) in [7, 11) is 2.19. The summed E-state index contributed by atoms with van der Waals surface area (Å²) in [5, 5.41) is 0. The number of nitrogens with zero attached hydrogens (tertiary/aromatic N) is 1. The molecular weight excluding hydrogens is 150 g/mol. The lowest BCUT2D eigenvalue weighted by atomic mass is 9.84. The quantitative estimate of drug-likeness (QED) is 0.585. The Labute approximate surface area is 74.9 Å². The molecule has 1 unspecified atom stereocenters. The fourth-order valence-corrected chi connectivity index (χ4v) is 2.63. The summed E-state index contributed by atoms with van der Waals surface area (Å²) in [5.41, 5.74) is 0. The average molecular weight is 169 g/mol. The first-order valence-corrected chi connectivity index (χ1v) is 4.98. The van der Waals surface area contributed by atoms with Crippen molar-refractivity contribution in [3.63, 3.8) is 0 Å². The van der Waals surface area contributed by atoms with E-state index in [-0.39, 0.29) is 0 Å². The predicted molar refractivity (Wildman–Crippen MR) is 49.1 cm³/mol. The zero-order valence-corrected chi connectivity index (χ0v) is 8.29. The molecule has 2 heteroatoms. The van der Waals surface area contributed by atoms with Crippen molar-refractivity contribution < 1.29 is 4.74 Å². The second-order valence-corrected chi connectivity index (χ2v) is 4.66. The van der Waals surface area contributed by atoms with Crippen LogP contribution in [-0.4, -0.2) is 37.7 Å². The number of rotatable bonds is 1. The number of likely N-dealkylation sites (tertiary alicyclic amines) is 1. The van der Waals surface area contributed by atoms with Gasteiger partial charge in [0.1, 0.15) is 0 Å². The Kier molecular flexibility index (Phi) is 2.13. The Hall–Kier alpha value is -0.0800. The van der Waals surface area contributed by atoms with Gasteiger partial charge in [-0.05, 0) is 18.9 Å². The molecule has 2 aliphatic heterocycles. The van der Waals surface area contributed by atoms with Crippen molar-refractivity contribution in [3.8, 4) is 0 Å². The fraction of sp³-hybridized carbons (Fsp3) is 1.00. The van der Waals surface area contributed by atoms with Crippen LogP contribution in [0, 0.1) is 17.8 Å². The highest BCUT2D eigenvalue weighted by molar-refractivity contribution is 4.93. The molecule has 2 saturated heterocycles. The monoisotopic (exact) mass is 169 g/mol. The zero-order valence-electron chi connectivity index (χ0n) is 8.29. The minimum Gasteiger partial charge on any atom is -0.376 e. The lowest BCUT2D eigenvalue weighted by Gasteiger charge is -2.19. The minimum atomic E-state index is 0.544. The molecule has 0 aliphatic carbocycles. The van der Waals surface area contributed by atoms with Crippen LogP contribution in [0.3, 0.4) is 0 Å². The van der Waals surface area contributed by atoms with Crippen molar-refractivity contribution in [1.82, 2.24) is 4.90 Å². The number of ether oxygens (including phenoxy) is 1. The van der Waals surface area contributed by atoms with Crippen LogP contribution in [0.2, 0.25) is 0 Å². The molecule has 0 spiro atoms. The summed E-state index contributed by atoms with van der Waals surface area (Å²) in [6.45, 7) is 8.02. The van der Waals surface area contributed by atoms with E-state index in [0.717, 1.165) is 30.9 Å². The number of hydrogen-bond acceptors (Lipinski definition) is 2. The molecule has 0 amide bonds. The van der Waals surface area contributed by atoms with E-state index in [1.165, 1.54) is 6.54 Å². The van der Waals surface area contributed by atoms with Gasteiger partial charge in [0.2, 0.25) is 0 Å². The Balaban J connectivity index is 2.03. The highest BCUT2D eigenvalue weighted by atomic mass is 16.5. The third kappa shape index (κ3) is 1.27. The van der Waals surface area contributed by atoms with Crippen LogP contribution in [0.5, 0.6) is 0 Å². The second-order valence-electron chi connectivity index (χ2n) is 4.66. The van der Waals surface area contributed by atoms with E-state index in [1.807, 2.05) is 0 Å². The van der Waals surface area contributed by atoms with Gasteiger partial charge in [-0.3, -0.25) is 0 Å². The third-order valence-corrected chi connectivity index (χ3v) is 3.40. The molecule has 2 rings (SSSR count). The van der Waals surface area contributed by atoms with E-state index in [4.69, 9.17) is 4.74 Å². The van der Waals surface area contributed by atoms with Crippen LogP contribution in [0.15, 0.2) is 0 Å². The molecule has 0 aromatic rings. The number of hydrogen-bond donors (Lipinski definition) is 0. The molecule has 0 saturated carbocycles. The van der Waals surface area contributed by atoms with Crippen LogP contribution in [0.4, 0.5) is 0 Å². The first-order chi connectivity index (χ1) is 5.68. The van der Waals surface area contributed by atoms with Crippen molar-refractivity contribution in [2.24, 2.45) is 17.8 Å². The van der Waals surface area contributed by atoms with Gasteiger partial charge in [0, 0.05) is 19.0 Å². The maximum absolute atomic E-state index is 5.78. The van der Waals surface area contributed by atoms with Crippen LogP contribution >= 0.6 is 0 Å². The van der Waals surface area contributed by atoms with Gasteiger partial charge in [0.15, 0.2) is 0 Å². The van der Waals surface area contributed by atoms with E-state index in [1.54, 1.807) is 0 Å². The molecule has 0 N–H and O–H groups in total. The topological polar surface area (TPSA) is 12.5 Å². The molecule has 0 aromatic heterocycles. The first kappa shape index (κ1) is 8.52. The van der Waals surface area contributed by atoms with Gasteiger partial charge >= 0.3 is 0 Å².